The lowest BCUT2D eigenvalue weighted by Gasteiger charge is -2.01. The average molecular weight is 319 g/mol. The Balaban J connectivity index is 2.59. The van der Waals surface area contributed by atoms with Gasteiger partial charge in [0, 0.05) is 20.8 Å². The van der Waals surface area contributed by atoms with E-state index < -0.39 is 0 Å². The number of thiazole rings is 1. The predicted octanol–water partition coefficient (Wildman–Crippen LogP) is 3.87. The van der Waals surface area contributed by atoms with Crippen LogP contribution in [0.4, 0.5) is 0 Å². The molecule has 1 aromatic heterocycles. The Morgan fingerprint density at radius 2 is 2.23 bits per heavy atom. The van der Waals surface area contributed by atoms with Crippen molar-refractivity contribution in [2.24, 2.45) is 0 Å². The molecule has 0 bridgehead atoms. The van der Waals surface area contributed by atoms with Crippen LogP contribution in [0.1, 0.15) is 0 Å². The Labute approximate surface area is 99.2 Å². The summed E-state index contributed by atoms with van der Waals surface area (Å²) in [5, 5.41) is 2.00. The highest BCUT2D eigenvalue weighted by molar-refractivity contribution is 14.1. The number of rotatable bonds is 1. The van der Waals surface area contributed by atoms with E-state index in [0.717, 1.165) is 9.64 Å². The summed E-state index contributed by atoms with van der Waals surface area (Å²) < 4.78 is 4.13. The first kappa shape index (κ1) is 9.36. The van der Waals surface area contributed by atoms with Gasteiger partial charge < -0.3 is 0 Å². The molecule has 1 nitrogen and oxygen atoms in total. The van der Waals surface area contributed by atoms with Crippen LogP contribution in [0, 0.1) is 7.52 Å². The first-order valence-corrected chi connectivity index (χ1v) is 6.06. The van der Waals surface area contributed by atoms with Gasteiger partial charge in [-0.15, -0.1) is 11.3 Å². The summed E-state index contributed by atoms with van der Waals surface area (Å²) >= 11 is 9.07. The lowest BCUT2D eigenvalue weighted by atomic mass is 10.3. The number of benzene rings is 1. The smallest absolute Gasteiger partial charge is 0.165 e. The first-order valence-electron chi connectivity index (χ1n) is 3.69. The molecule has 0 saturated carbocycles. The standard InChI is InChI=1S/C9H6INS2/c10-7-2-1-3-8(6-7)11-4-5-13-9(11)12/h1-6H. The zero-order valence-corrected chi connectivity index (χ0v) is 10.4. The lowest BCUT2D eigenvalue weighted by molar-refractivity contribution is 1.07. The summed E-state index contributed by atoms with van der Waals surface area (Å²) in [5.74, 6) is 0. The lowest BCUT2D eigenvalue weighted by Crippen LogP contribution is -1.90. The molecular weight excluding hydrogens is 313 g/mol. The molecule has 0 aliphatic heterocycles. The first-order chi connectivity index (χ1) is 6.27. The molecular formula is C9H6INS2. The van der Waals surface area contributed by atoms with Crippen LogP contribution in [0.5, 0.6) is 0 Å². The van der Waals surface area contributed by atoms with Crippen LogP contribution in [0.2, 0.25) is 0 Å². The van der Waals surface area contributed by atoms with Gasteiger partial charge >= 0.3 is 0 Å². The molecule has 4 heteroatoms. The van der Waals surface area contributed by atoms with Gasteiger partial charge in [0.25, 0.3) is 0 Å². The van der Waals surface area contributed by atoms with Crippen LogP contribution in [-0.2, 0) is 0 Å². The van der Waals surface area contributed by atoms with Crippen LogP contribution in [0.25, 0.3) is 5.69 Å². The third-order valence-corrected chi connectivity index (χ3v) is 3.47. The van der Waals surface area contributed by atoms with E-state index in [1.54, 1.807) is 11.3 Å². The fourth-order valence-electron chi connectivity index (χ4n) is 1.08. The molecule has 0 radical (unpaired) electrons. The molecule has 0 aliphatic carbocycles. The number of hydrogen-bond donors (Lipinski definition) is 0. The molecule has 0 amide bonds. The Kier molecular flexibility index (Phi) is 2.80. The summed E-state index contributed by atoms with van der Waals surface area (Å²) in [4.78, 5) is 0. The van der Waals surface area contributed by atoms with E-state index in [4.69, 9.17) is 12.2 Å². The van der Waals surface area contributed by atoms with Crippen molar-refractivity contribution < 1.29 is 0 Å². The average Bonchev–Trinajstić information content (AvgIpc) is 2.51. The highest BCUT2D eigenvalue weighted by Gasteiger charge is 1.97. The molecule has 0 atom stereocenters. The molecule has 0 N–H and O–H groups in total. The number of halogens is 1. The van der Waals surface area contributed by atoms with Crippen LogP contribution in [0.15, 0.2) is 35.8 Å². The third-order valence-electron chi connectivity index (χ3n) is 1.66. The van der Waals surface area contributed by atoms with Crippen molar-refractivity contribution in [2.75, 3.05) is 0 Å². The van der Waals surface area contributed by atoms with Gasteiger partial charge in [0.2, 0.25) is 0 Å². The normalized spacial score (nSPS) is 10.2. The van der Waals surface area contributed by atoms with E-state index in [9.17, 15) is 0 Å². The summed E-state index contributed by atoms with van der Waals surface area (Å²) in [7, 11) is 0. The van der Waals surface area contributed by atoms with Crippen molar-refractivity contribution in [3.8, 4) is 5.69 Å². The molecule has 1 heterocycles. The third kappa shape index (κ3) is 2.00. The largest absolute Gasteiger partial charge is 0.299 e. The maximum Gasteiger partial charge on any atom is 0.165 e. The summed E-state index contributed by atoms with van der Waals surface area (Å²) in [6.45, 7) is 0. The van der Waals surface area contributed by atoms with Crippen molar-refractivity contribution in [1.82, 2.24) is 4.57 Å². The Bertz CT molecular complexity index is 472. The van der Waals surface area contributed by atoms with Crippen LogP contribution < -0.4 is 0 Å². The van der Waals surface area contributed by atoms with Crippen molar-refractivity contribution >= 4 is 46.1 Å². The molecule has 2 rings (SSSR count). The number of nitrogens with zero attached hydrogens (tertiary/aromatic N) is 1. The number of hydrogen-bond acceptors (Lipinski definition) is 2. The second-order valence-electron chi connectivity index (χ2n) is 2.52. The maximum absolute atomic E-state index is 5.19. The van der Waals surface area contributed by atoms with Gasteiger partial charge in [-0.1, -0.05) is 6.07 Å². The fraction of sp³-hybridized carbons (Fsp3) is 0. The van der Waals surface area contributed by atoms with E-state index in [-0.39, 0.29) is 0 Å². The zero-order valence-electron chi connectivity index (χ0n) is 6.61. The Hall–Kier alpha value is -0.200. The van der Waals surface area contributed by atoms with Crippen molar-refractivity contribution in [3.05, 3.63) is 43.4 Å². The minimum atomic E-state index is 0.891. The zero-order chi connectivity index (χ0) is 9.26. The second kappa shape index (κ2) is 3.89. The van der Waals surface area contributed by atoms with Gasteiger partial charge in [-0.2, -0.15) is 0 Å². The quantitative estimate of drug-likeness (QED) is 0.570. The van der Waals surface area contributed by atoms with Crippen molar-refractivity contribution in [2.45, 2.75) is 0 Å². The highest BCUT2D eigenvalue weighted by Crippen LogP contribution is 2.15. The molecule has 0 fully saturated rings. The van der Waals surface area contributed by atoms with Crippen LogP contribution in [0.3, 0.4) is 0 Å². The van der Waals surface area contributed by atoms with Crippen LogP contribution in [-0.4, -0.2) is 4.57 Å². The molecule has 0 unspecified atom stereocenters. The van der Waals surface area contributed by atoms with Gasteiger partial charge in [-0.05, 0) is 53.0 Å². The highest BCUT2D eigenvalue weighted by atomic mass is 127. The van der Waals surface area contributed by atoms with E-state index >= 15 is 0 Å². The van der Waals surface area contributed by atoms with Crippen molar-refractivity contribution in [3.63, 3.8) is 0 Å². The van der Waals surface area contributed by atoms with E-state index in [1.165, 1.54) is 3.57 Å². The molecule has 0 aliphatic rings. The minimum absolute atomic E-state index is 0.891. The van der Waals surface area contributed by atoms with Gasteiger partial charge in [-0.25, -0.2) is 0 Å². The summed E-state index contributed by atoms with van der Waals surface area (Å²) in [6.07, 6.45) is 2.00. The van der Waals surface area contributed by atoms with Crippen LogP contribution >= 0.6 is 46.1 Å². The van der Waals surface area contributed by atoms with Gasteiger partial charge in [0.15, 0.2) is 3.95 Å². The topological polar surface area (TPSA) is 4.93 Å². The Morgan fingerprint density at radius 3 is 2.85 bits per heavy atom. The molecule has 0 saturated heterocycles. The fourth-order valence-corrected chi connectivity index (χ4v) is 2.52. The number of aromatic nitrogens is 1. The molecule has 2 aromatic rings. The van der Waals surface area contributed by atoms with E-state index in [2.05, 4.69) is 40.8 Å². The van der Waals surface area contributed by atoms with Gasteiger partial charge in [0.05, 0.1) is 0 Å². The van der Waals surface area contributed by atoms with Gasteiger partial charge in [-0.3, -0.25) is 4.57 Å². The monoisotopic (exact) mass is 319 g/mol. The Morgan fingerprint density at radius 1 is 1.38 bits per heavy atom. The minimum Gasteiger partial charge on any atom is -0.299 e. The molecule has 13 heavy (non-hydrogen) atoms. The second-order valence-corrected chi connectivity index (χ2v) is 5.30. The SMILES string of the molecule is S=c1sccn1-c1cccc(I)c1. The molecule has 66 valence electrons. The maximum atomic E-state index is 5.19. The molecule has 0 spiro atoms. The summed E-state index contributed by atoms with van der Waals surface area (Å²) in [5.41, 5.74) is 1.14. The van der Waals surface area contributed by atoms with Gasteiger partial charge in [0.1, 0.15) is 0 Å². The predicted molar refractivity (Wildman–Crippen MR) is 67.2 cm³/mol. The van der Waals surface area contributed by atoms with E-state index in [1.807, 2.05) is 22.2 Å². The summed E-state index contributed by atoms with van der Waals surface area (Å²) in [6, 6.07) is 8.28. The van der Waals surface area contributed by atoms with Crippen molar-refractivity contribution in [1.29, 1.82) is 0 Å². The molecule has 1 aromatic carbocycles. The van der Waals surface area contributed by atoms with E-state index in [0.29, 0.717) is 0 Å².